The van der Waals surface area contributed by atoms with Crippen molar-refractivity contribution in [2.24, 2.45) is 17.3 Å². The van der Waals surface area contributed by atoms with Crippen molar-refractivity contribution in [2.45, 2.75) is 69.2 Å². The molecule has 4 fully saturated rings. The molecule has 2 saturated carbocycles. The zero-order valence-corrected chi connectivity index (χ0v) is 13.2. The zero-order chi connectivity index (χ0) is 14.5. The molecule has 2 aliphatic heterocycles. The van der Waals surface area contributed by atoms with Crippen LogP contribution in [0.15, 0.2) is 0 Å². The molecule has 0 aromatic carbocycles. The van der Waals surface area contributed by atoms with Gasteiger partial charge in [0.2, 0.25) is 0 Å². The van der Waals surface area contributed by atoms with Crippen molar-refractivity contribution in [3.05, 3.63) is 0 Å². The van der Waals surface area contributed by atoms with Crippen LogP contribution in [0.1, 0.15) is 57.8 Å². The minimum Gasteiger partial charge on any atom is -0.378 e. The molecule has 0 aromatic rings. The number of hydrogen-bond donors (Lipinski definition) is 0. The van der Waals surface area contributed by atoms with Crippen LogP contribution in [0.5, 0.6) is 0 Å². The summed E-state index contributed by atoms with van der Waals surface area (Å²) >= 11 is 0. The molecule has 0 aromatic heterocycles. The van der Waals surface area contributed by atoms with Crippen molar-refractivity contribution in [3.63, 3.8) is 0 Å². The van der Waals surface area contributed by atoms with E-state index < -0.39 is 5.34 Å². The smallest absolute Gasteiger partial charge is 0.0833 e. The van der Waals surface area contributed by atoms with Crippen molar-refractivity contribution in [2.75, 3.05) is 19.7 Å². The van der Waals surface area contributed by atoms with E-state index in [0.717, 1.165) is 50.8 Å². The van der Waals surface area contributed by atoms with E-state index in [-0.39, 0.29) is 11.5 Å². The molecule has 2 nitrogen and oxygen atoms in total. The fourth-order valence-corrected chi connectivity index (χ4v) is 5.81. The Bertz CT molecular complexity index is 390. The van der Waals surface area contributed by atoms with Crippen molar-refractivity contribution >= 4 is 15.7 Å². The lowest BCUT2D eigenvalue weighted by molar-refractivity contribution is -0.00210. The van der Waals surface area contributed by atoms with Crippen molar-refractivity contribution < 1.29 is 4.74 Å². The molecule has 4 heteroatoms. The van der Waals surface area contributed by atoms with E-state index in [2.05, 4.69) is 4.90 Å². The van der Waals surface area contributed by atoms with Crippen molar-refractivity contribution in [3.8, 4) is 0 Å². The second-order valence-corrected chi connectivity index (χ2v) is 8.05. The molecule has 112 valence electrons. The van der Waals surface area contributed by atoms with Crippen LogP contribution in [0.2, 0.25) is 0 Å². The van der Waals surface area contributed by atoms with Gasteiger partial charge >= 0.3 is 0 Å². The highest BCUT2D eigenvalue weighted by Crippen LogP contribution is 2.53. The van der Waals surface area contributed by atoms with Crippen LogP contribution < -0.4 is 0 Å². The number of ether oxygens (including phenoxy) is 1. The van der Waals surface area contributed by atoms with Crippen LogP contribution in [0, 0.1) is 17.3 Å². The Morgan fingerprint density at radius 1 is 0.905 bits per heavy atom. The van der Waals surface area contributed by atoms with Crippen LogP contribution in [-0.4, -0.2) is 51.7 Å². The second kappa shape index (κ2) is 5.30. The van der Waals surface area contributed by atoms with Gasteiger partial charge in [0, 0.05) is 25.1 Å². The number of nitrogens with zero attached hydrogens (tertiary/aromatic N) is 1. The Labute approximate surface area is 132 Å². The summed E-state index contributed by atoms with van der Waals surface area (Å²) in [6, 6.07) is 0. The summed E-state index contributed by atoms with van der Waals surface area (Å²) in [5, 5.41) is -0.678. The normalized spacial score (nSPS) is 44.5. The summed E-state index contributed by atoms with van der Waals surface area (Å²) in [5.41, 5.74) is -0.0118. The molecule has 4 unspecified atom stereocenters. The van der Waals surface area contributed by atoms with Gasteiger partial charge in [-0.2, -0.15) is 0 Å². The Morgan fingerprint density at radius 3 is 2.43 bits per heavy atom. The molecule has 0 spiro atoms. The van der Waals surface area contributed by atoms with E-state index in [0.29, 0.717) is 0 Å². The van der Waals surface area contributed by atoms with E-state index in [1.807, 2.05) is 0 Å². The summed E-state index contributed by atoms with van der Waals surface area (Å²) in [5.74, 6) is 1.69. The fraction of sp³-hybridized carbons (Fsp3) is 1.00. The summed E-state index contributed by atoms with van der Waals surface area (Å²) in [6.07, 6.45) is 11.6. The summed E-state index contributed by atoms with van der Waals surface area (Å²) in [6.45, 7) is 3.08. The highest BCUT2D eigenvalue weighted by atomic mass is 16.5. The topological polar surface area (TPSA) is 12.5 Å². The molecule has 0 bridgehead atoms. The Balaban J connectivity index is 1.60. The van der Waals surface area contributed by atoms with Crippen molar-refractivity contribution in [1.82, 2.24) is 4.90 Å². The monoisotopic (exact) mass is 283 g/mol. The van der Waals surface area contributed by atoms with E-state index in [4.69, 9.17) is 20.4 Å². The average molecular weight is 283 g/mol. The van der Waals surface area contributed by atoms with Crippen LogP contribution in [0.25, 0.3) is 0 Å². The Kier molecular flexibility index (Phi) is 3.69. The fourth-order valence-electron chi connectivity index (χ4n) is 5.81. The van der Waals surface area contributed by atoms with Gasteiger partial charge in [0.25, 0.3) is 0 Å². The van der Waals surface area contributed by atoms with Crippen LogP contribution in [0.4, 0.5) is 0 Å². The maximum absolute atomic E-state index is 6.87. The van der Waals surface area contributed by atoms with Gasteiger partial charge in [0.05, 0.1) is 21.8 Å². The molecule has 21 heavy (non-hydrogen) atoms. The molecule has 0 amide bonds. The van der Waals surface area contributed by atoms with Gasteiger partial charge in [0.1, 0.15) is 0 Å². The second-order valence-electron chi connectivity index (χ2n) is 8.05. The molecule has 2 saturated heterocycles. The molecule has 4 radical (unpaired) electrons. The lowest BCUT2D eigenvalue weighted by Gasteiger charge is -2.53. The Morgan fingerprint density at radius 2 is 1.67 bits per heavy atom. The highest BCUT2D eigenvalue weighted by molar-refractivity contribution is 6.40. The summed E-state index contributed by atoms with van der Waals surface area (Å²) in [7, 11) is 13.7. The lowest BCUT2D eigenvalue weighted by atomic mass is 9.44. The standard InChI is InChI=1S/C17H27B2NO/c18-17(19,20-11-13-5-4-6-14(13)12-20)16-8-3-1-2-7-15(16)21-10-9-16/h13-15H,1-12H2. The van der Waals surface area contributed by atoms with E-state index in [1.54, 1.807) is 0 Å². The van der Waals surface area contributed by atoms with Gasteiger partial charge in [0.15, 0.2) is 0 Å². The third-order valence-electron chi connectivity index (χ3n) is 7.12. The SMILES string of the molecule is [B]C([B])(N1CC2CCCC2C1)C12CCCCCC1OCC2. The van der Waals surface area contributed by atoms with Crippen molar-refractivity contribution in [1.29, 1.82) is 0 Å². The van der Waals surface area contributed by atoms with Gasteiger partial charge in [-0.25, -0.2) is 0 Å². The van der Waals surface area contributed by atoms with Gasteiger partial charge in [-0.3, -0.25) is 0 Å². The predicted octanol–water partition coefficient (Wildman–Crippen LogP) is 2.45. The molecule has 4 atom stereocenters. The van der Waals surface area contributed by atoms with Gasteiger partial charge < -0.3 is 9.64 Å². The molecule has 2 aliphatic carbocycles. The van der Waals surface area contributed by atoms with E-state index in [1.165, 1.54) is 38.5 Å². The number of rotatable bonds is 2. The van der Waals surface area contributed by atoms with E-state index in [9.17, 15) is 0 Å². The predicted molar refractivity (Wildman–Crippen MR) is 86.5 cm³/mol. The molecule has 4 rings (SSSR count). The Hall–Kier alpha value is 0.0499. The minimum absolute atomic E-state index is 0.0118. The first-order valence-corrected chi connectivity index (χ1v) is 9.08. The molecular weight excluding hydrogens is 256 g/mol. The number of hydrogen-bond acceptors (Lipinski definition) is 2. The third kappa shape index (κ3) is 2.16. The largest absolute Gasteiger partial charge is 0.378 e. The summed E-state index contributed by atoms with van der Waals surface area (Å²) in [4.78, 5) is 2.44. The molecule has 0 N–H and O–H groups in total. The van der Waals surface area contributed by atoms with E-state index >= 15 is 0 Å². The first-order chi connectivity index (χ1) is 10.1. The third-order valence-corrected chi connectivity index (χ3v) is 7.12. The van der Waals surface area contributed by atoms with Gasteiger partial charge in [-0.05, 0) is 49.3 Å². The number of likely N-dealkylation sites (tertiary alicyclic amines) is 1. The van der Waals surface area contributed by atoms with Gasteiger partial charge in [-0.15, -0.1) is 0 Å². The minimum atomic E-state index is -0.678. The summed E-state index contributed by atoms with van der Waals surface area (Å²) < 4.78 is 6.09. The van der Waals surface area contributed by atoms with Gasteiger partial charge in [-0.1, -0.05) is 25.7 Å². The maximum Gasteiger partial charge on any atom is 0.0833 e. The zero-order valence-electron chi connectivity index (χ0n) is 13.2. The van der Waals surface area contributed by atoms with Crippen LogP contribution >= 0.6 is 0 Å². The quantitative estimate of drug-likeness (QED) is 0.722. The molecule has 4 aliphatic rings. The first kappa shape index (κ1) is 14.6. The first-order valence-electron chi connectivity index (χ1n) is 9.08. The molecule has 2 heterocycles. The van der Waals surface area contributed by atoms with Crippen LogP contribution in [0.3, 0.4) is 0 Å². The highest BCUT2D eigenvalue weighted by Gasteiger charge is 2.56. The average Bonchev–Trinajstić information content (AvgIpc) is 3.11. The number of fused-ring (bicyclic) bond motifs is 2. The van der Waals surface area contributed by atoms with Crippen LogP contribution in [-0.2, 0) is 4.74 Å². The molecular formula is C17H27B2NO. The maximum atomic E-state index is 6.87. The lowest BCUT2D eigenvalue weighted by Crippen LogP contribution is -2.63.